The number of aliphatic hydroxyl groups is 1. The summed E-state index contributed by atoms with van der Waals surface area (Å²) < 4.78 is 16.4. The van der Waals surface area contributed by atoms with Crippen LogP contribution in [-0.2, 0) is 22.4 Å². The van der Waals surface area contributed by atoms with Crippen LogP contribution < -0.4 is 14.2 Å². The molecule has 0 radical (unpaired) electrons. The molecular weight excluding hydrogens is 458 g/mol. The summed E-state index contributed by atoms with van der Waals surface area (Å²) in [6.07, 6.45) is 1.25. The van der Waals surface area contributed by atoms with E-state index in [0.717, 1.165) is 29.0 Å². The third kappa shape index (κ3) is 4.17. The van der Waals surface area contributed by atoms with Gasteiger partial charge in [0.25, 0.3) is 11.7 Å². The number of ketones is 1. The zero-order valence-electron chi connectivity index (χ0n) is 20.2. The van der Waals surface area contributed by atoms with Gasteiger partial charge >= 0.3 is 0 Å². The van der Waals surface area contributed by atoms with E-state index in [9.17, 15) is 14.7 Å². The molecule has 2 heterocycles. The summed E-state index contributed by atoms with van der Waals surface area (Å²) in [4.78, 5) is 28.2. The lowest BCUT2D eigenvalue weighted by Crippen LogP contribution is -2.31. The third-order valence-corrected chi connectivity index (χ3v) is 6.74. The molecule has 2 aliphatic heterocycles. The first-order valence-electron chi connectivity index (χ1n) is 11.8. The predicted octanol–water partition coefficient (Wildman–Crippen LogP) is 4.30. The number of fused-ring (bicyclic) bond motifs is 1. The second kappa shape index (κ2) is 9.77. The Balaban J connectivity index is 1.57. The Hall–Kier alpha value is -4.26. The molecule has 1 fully saturated rings. The molecule has 184 valence electrons. The minimum Gasteiger partial charge on any atom is -0.507 e. The lowest BCUT2D eigenvalue weighted by atomic mass is 9.94. The van der Waals surface area contributed by atoms with Crippen molar-refractivity contribution in [2.24, 2.45) is 0 Å². The minimum atomic E-state index is -0.788. The molecular formula is C29H27NO6. The summed E-state index contributed by atoms with van der Waals surface area (Å²) in [6, 6.07) is 19.4. The van der Waals surface area contributed by atoms with Crippen molar-refractivity contribution < 1.29 is 28.9 Å². The maximum absolute atomic E-state index is 13.4. The second-order valence-electron chi connectivity index (χ2n) is 8.75. The van der Waals surface area contributed by atoms with Crippen LogP contribution in [0.25, 0.3) is 5.76 Å². The van der Waals surface area contributed by atoms with E-state index in [-0.39, 0.29) is 17.9 Å². The first-order valence-corrected chi connectivity index (χ1v) is 11.8. The largest absolute Gasteiger partial charge is 0.507 e. The Bertz CT molecular complexity index is 1340. The standard InChI is InChI=1S/C29H27NO6/c1-34-21-10-7-18(8-11-21)13-15-30-26(22-5-3-4-6-24(22)35-2)25(28(32)29(30)33)27(31)20-9-12-23-19(17-20)14-16-36-23/h3-12,17,26,31H,13-16H2,1-2H3/b27-25+. The van der Waals surface area contributed by atoms with Crippen LogP contribution in [-0.4, -0.2) is 49.1 Å². The van der Waals surface area contributed by atoms with Crippen molar-refractivity contribution in [1.82, 2.24) is 4.90 Å². The monoisotopic (exact) mass is 485 g/mol. The lowest BCUT2D eigenvalue weighted by Gasteiger charge is -2.26. The smallest absolute Gasteiger partial charge is 0.295 e. The summed E-state index contributed by atoms with van der Waals surface area (Å²) >= 11 is 0. The highest BCUT2D eigenvalue weighted by atomic mass is 16.5. The van der Waals surface area contributed by atoms with Gasteiger partial charge in [0.2, 0.25) is 0 Å². The Morgan fingerprint density at radius 3 is 2.56 bits per heavy atom. The SMILES string of the molecule is COc1ccc(CCN2C(=O)C(=O)/C(=C(/O)c3ccc4c(c3)CCO4)C2c2ccccc2OC)cc1. The lowest BCUT2D eigenvalue weighted by molar-refractivity contribution is -0.139. The number of Topliss-reactive ketones (excluding diaryl/α,β-unsaturated/α-hetero) is 1. The van der Waals surface area contributed by atoms with Gasteiger partial charge in [0.05, 0.1) is 32.4 Å². The number of para-hydroxylation sites is 1. The average Bonchev–Trinajstić information content (AvgIpc) is 3.49. The number of nitrogens with zero attached hydrogens (tertiary/aromatic N) is 1. The number of rotatable bonds is 7. The summed E-state index contributed by atoms with van der Waals surface area (Å²) in [5, 5.41) is 11.4. The van der Waals surface area contributed by atoms with Crippen molar-refractivity contribution in [1.29, 1.82) is 0 Å². The molecule has 36 heavy (non-hydrogen) atoms. The van der Waals surface area contributed by atoms with Gasteiger partial charge in [0, 0.05) is 24.1 Å². The molecule has 1 amide bonds. The van der Waals surface area contributed by atoms with Crippen LogP contribution in [0.2, 0.25) is 0 Å². The van der Waals surface area contributed by atoms with Crippen LogP contribution in [0.3, 0.4) is 0 Å². The molecule has 3 aromatic rings. The quantitative estimate of drug-likeness (QED) is 0.305. The number of carbonyl (C=O) groups is 2. The van der Waals surface area contributed by atoms with Crippen molar-refractivity contribution in [2.75, 3.05) is 27.4 Å². The first-order chi connectivity index (χ1) is 17.5. The zero-order chi connectivity index (χ0) is 25.2. The average molecular weight is 486 g/mol. The molecule has 7 nitrogen and oxygen atoms in total. The van der Waals surface area contributed by atoms with Crippen LogP contribution in [0.4, 0.5) is 0 Å². The van der Waals surface area contributed by atoms with Gasteiger partial charge in [-0.05, 0) is 53.9 Å². The van der Waals surface area contributed by atoms with Crippen molar-refractivity contribution in [3.05, 3.63) is 94.6 Å². The first kappa shape index (κ1) is 23.5. The summed E-state index contributed by atoms with van der Waals surface area (Å²) in [7, 11) is 3.15. The fourth-order valence-corrected chi connectivity index (χ4v) is 4.86. The van der Waals surface area contributed by atoms with E-state index in [1.165, 1.54) is 4.90 Å². The normalized spacial score (nSPS) is 18.2. The maximum Gasteiger partial charge on any atom is 0.295 e. The second-order valence-corrected chi connectivity index (χ2v) is 8.75. The van der Waals surface area contributed by atoms with E-state index in [2.05, 4.69) is 0 Å². The van der Waals surface area contributed by atoms with Crippen LogP contribution in [0.5, 0.6) is 17.2 Å². The van der Waals surface area contributed by atoms with Gasteiger partial charge in [-0.3, -0.25) is 9.59 Å². The summed E-state index contributed by atoms with van der Waals surface area (Å²) in [5.74, 6) is 0.485. The third-order valence-electron chi connectivity index (χ3n) is 6.74. The van der Waals surface area contributed by atoms with Crippen molar-refractivity contribution in [3.8, 4) is 17.2 Å². The summed E-state index contributed by atoms with van der Waals surface area (Å²) in [6.45, 7) is 0.866. The Morgan fingerprint density at radius 2 is 1.81 bits per heavy atom. The van der Waals surface area contributed by atoms with Gasteiger partial charge in [-0.1, -0.05) is 30.3 Å². The molecule has 0 aromatic heterocycles. The number of benzene rings is 3. The van der Waals surface area contributed by atoms with Crippen molar-refractivity contribution >= 4 is 17.4 Å². The Morgan fingerprint density at radius 1 is 1.03 bits per heavy atom. The van der Waals surface area contributed by atoms with Crippen LogP contribution >= 0.6 is 0 Å². The van der Waals surface area contributed by atoms with E-state index >= 15 is 0 Å². The molecule has 0 aliphatic carbocycles. The minimum absolute atomic E-state index is 0.0538. The molecule has 1 atom stereocenters. The van der Waals surface area contributed by atoms with Gasteiger partial charge in [-0.15, -0.1) is 0 Å². The molecule has 1 saturated heterocycles. The fourth-order valence-electron chi connectivity index (χ4n) is 4.86. The number of amides is 1. The van der Waals surface area contributed by atoms with Gasteiger partial charge in [-0.25, -0.2) is 0 Å². The molecule has 2 aliphatic rings. The van der Waals surface area contributed by atoms with E-state index in [1.54, 1.807) is 32.4 Å². The van der Waals surface area contributed by atoms with Crippen LogP contribution in [0.1, 0.15) is 28.3 Å². The van der Waals surface area contributed by atoms with E-state index in [1.807, 2.05) is 48.5 Å². The molecule has 0 spiro atoms. The molecule has 0 saturated carbocycles. The van der Waals surface area contributed by atoms with E-state index in [4.69, 9.17) is 14.2 Å². The number of methoxy groups -OCH3 is 2. The van der Waals surface area contributed by atoms with Crippen molar-refractivity contribution in [2.45, 2.75) is 18.9 Å². The fraction of sp³-hybridized carbons (Fsp3) is 0.241. The highest BCUT2D eigenvalue weighted by Crippen LogP contribution is 2.43. The Kier molecular flexibility index (Phi) is 6.38. The van der Waals surface area contributed by atoms with Gasteiger partial charge in [0.15, 0.2) is 0 Å². The number of ether oxygens (including phenoxy) is 3. The highest BCUT2D eigenvalue weighted by Gasteiger charge is 2.46. The molecule has 0 bridgehead atoms. The number of hydrogen-bond donors (Lipinski definition) is 1. The summed E-state index contributed by atoms with van der Waals surface area (Å²) in [5.41, 5.74) is 3.13. The molecule has 1 N–H and O–H groups in total. The molecule has 5 rings (SSSR count). The molecule has 3 aromatic carbocycles. The molecule has 1 unspecified atom stereocenters. The van der Waals surface area contributed by atoms with Gasteiger partial charge in [0.1, 0.15) is 23.0 Å². The van der Waals surface area contributed by atoms with Gasteiger partial charge in [-0.2, -0.15) is 0 Å². The van der Waals surface area contributed by atoms with Crippen molar-refractivity contribution in [3.63, 3.8) is 0 Å². The van der Waals surface area contributed by atoms with E-state index in [0.29, 0.717) is 29.9 Å². The Labute approximate surface area is 209 Å². The van der Waals surface area contributed by atoms with Crippen LogP contribution in [0, 0.1) is 0 Å². The predicted molar refractivity (Wildman–Crippen MR) is 134 cm³/mol. The zero-order valence-corrected chi connectivity index (χ0v) is 20.2. The van der Waals surface area contributed by atoms with Gasteiger partial charge < -0.3 is 24.2 Å². The van der Waals surface area contributed by atoms with Crippen LogP contribution in [0.15, 0.2) is 72.3 Å². The molecule has 7 heteroatoms. The number of aliphatic hydroxyl groups excluding tert-OH is 1. The maximum atomic E-state index is 13.4. The topological polar surface area (TPSA) is 85.3 Å². The van der Waals surface area contributed by atoms with E-state index < -0.39 is 17.7 Å². The number of carbonyl (C=O) groups excluding carboxylic acids is 2. The number of likely N-dealkylation sites (tertiary alicyclic amines) is 1. The highest BCUT2D eigenvalue weighted by molar-refractivity contribution is 6.46. The number of hydrogen-bond acceptors (Lipinski definition) is 6.